The number of carbonyl (C=O) groups is 1. The van der Waals surface area contributed by atoms with Gasteiger partial charge in [0.05, 0.1) is 29.5 Å². The van der Waals surface area contributed by atoms with Gasteiger partial charge in [-0.3, -0.25) is 9.89 Å². The van der Waals surface area contributed by atoms with Crippen LogP contribution >= 0.6 is 0 Å². The predicted octanol–water partition coefficient (Wildman–Crippen LogP) is 4.78. The van der Waals surface area contributed by atoms with Crippen molar-refractivity contribution in [3.05, 3.63) is 60.2 Å². The van der Waals surface area contributed by atoms with Crippen LogP contribution in [0, 0.1) is 5.82 Å². The smallest absolute Gasteiger partial charge is 0.266 e. The van der Waals surface area contributed by atoms with Crippen LogP contribution in [0.5, 0.6) is 0 Å². The zero-order chi connectivity index (χ0) is 24.7. The summed E-state index contributed by atoms with van der Waals surface area (Å²) >= 11 is 0. The minimum absolute atomic E-state index is 0.0434. The normalized spacial score (nSPS) is 15.2. The maximum Gasteiger partial charge on any atom is 0.266 e. The van der Waals surface area contributed by atoms with Crippen molar-refractivity contribution in [3.8, 4) is 11.1 Å². The van der Waals surface area contributed by atoms with Crippen LogP contribution in [0.1, 0.15) is 42.4 Å². The number of nitrogens with zero attached hydrogens (tertiary/aromatic N) is 5. The van der Waals surface area contributed by atoms with E-state index in [1.165, 1.54) is 35.6 Å². The molecule has 1 saturated heterocycles. The van der Waals surface area contributed by atoms with Gasteiger partial charge in [0, 0.05) is 60.1 Å². The first-order valence-corrected chi connectivity index (χ1v) is 11.1. The molecule has 0 saturated carbocycles. The van der Waals surface area contributed by atoms with Gasteiger partial charge in [0.2, 0.25) is 0 Å². The van der Waals surface area contributed by atoms with Crippen molar-refractivity contribution in [1.82, 2.24) is 25.1 Å². The monoisotopic (exact) mass is 481 g/mol. The van der Waals surface area contributed by atoms with E-state index in [9.17, 15) is 13.6 Å². The average molecular weight is 481 g/mol. The Kier molecular flexibility index (Phi) is 5.62. The number of fused-ring (bicyclic) bond motifs is 1. The molecule has 1 aliphatic heterocycles. The summed E-state index contributed by atoms with van der Waals surface area (Å²) < 4.78 is 43.2. The highest BCUT2D eigenvalue weighted by Gasteiger charge is 2.40. The highest BCUT2D eigenvalue weighted by molar-refractivity contribution is 6.08. The van der Waals surface area contributed by atoms with Crippen molar-refractivity contribution in [2.45, 2.75) is 32.1 Å². The fraction of sp³-hybridized carbons (Fsp3) is 0.292. The average Bonchev–Trinajstić information content (AvgIpc) is 3.43. The molecule has 2 N–H and O–H groups in total. The Morgan fingerprint density at radius 2 is 1.91 bits per heavy atom. The molecule has 35 heavy (non-hydrogen) atoms. The molecule has 180 valence electrons. The molecular weight excluding hydrogens is 459 g/mol. The molecule has 1 aromatic carbocycles. The molecule has 1 aliphatic rings. The summed E-state index contributed by atoms with van der Waals surface area (Å²) in [4.78, 5) is 27.2. The number of pyridine rings is 1. The van der Waals surface area contributed by atoms with E-state index in [0.717, 1.165) is 0 Å². The molecule has 0 radical (unpaired) electrons. The van der Waals surface area contributed by atoms with Gasteiger partial charge < -0.3 is 10.2 Å². The van der Waals surface area contributed by atoms with E-state index >= 15 is 4.39 Å². The molecule has 0 atom stereocenters. The Morgan fingerprint density at radius 1 is 1.14 bits per heavy atom. The van der Waals surface area contributed by atoms with Gasteiger partial charge in [-0.1, -0.05) is 13.8 Å². The molecule has 0 aliphatic carbocycles. The van der Waals surface area contributed by atoms with Crippen molar-refractivity contribution in [2.24, 2.45) is 0 Å². The maximum absolute atomic E-state index is 15.1. The van der Waals surface area contributed by atoms with Crippen LogP contribution in [0.4, 0.5) is 24.7 Å². The molecular formula is C24H22F3N7O. The number of hydrogen-bond donors (Lipinski definition) is 2. The fourth-order valence-corrected chi connectivity index (χ4v) is 4.07. The van der Waals surface area contributed by atoms with E-state index in [4.69, 9.17) is 0 Å². The van der Waals surface area contributed by atoms with E-state index in [1.54, 1.807) is 12.3 Å². The molecule has 4 heterocycles. The summed E-state index contributed by atoms with van der Waals surface area (Å²) in [5, 5.41) is 10.0. The number of hydrogen-bond acceptors (Lipinski definition) is 6. The van der Waals surface area contributed by atoms with E-state index in [1.807, 2.05) is 13.8 Å². The number of anilines is 2. The highest BCUT2D eigenvalue weighted by atomic mass is 19.3. The standard InChI is InChI=1S/C24H22F3N7O/c1-13(2)21-29-9-15(10-30-21)23(35)32-20-16(17-7-14-11-31-33-19(14)8-18(17)25)3-5-28-22(20)34-6-4-24(26,27)12-34/h3,5,7-11,13H,4,6,12H2,1-2H3,(H,31,33)(H,32,35). The van der Waals surface area contributed by atoms with Gasteiger partial charge in [-0.25, -0.2) is 28.1 Å². The molecule has 0 bridgehead atoms. The lowest BCUT2D eigenvalue weighted by Crippen LogP contribution is -2.27. The lowest BCUT2D eigenvalue weighted by Gasteiger charge is -2.23. The number of H-pyrrole nitrogens is 1. The van der Waals surface area contributed by atoms with Crippen LogP contribution in [0.2, 0.25) is 0 Å². The fourth-order valence-electron chi connectivity index (χ4n) is 4.07. The third-order valence-corrected chi connectivity index (χ3v) is 5.91. The molecule has 1 fully saturated rings. The van der Waals surface area contributed by atoms with Crippen LogP contribution in [0.15, 0.2) is 43.0 Å². The Hall–Kier alpha value is -4.02. The number of rotatable bonds is 5. The second kappa shape index (κ2) is 8.64. The van der Waals surface area contributed by atoms with E-state index in [0.29, 0.717) is 22.3 Å². The van der Waals surface area contributed by atoms with Crippen molar-refractivity contribution < 1.29 is 18.0 Å². The van der Waals surface area contributed by atoms with Crippen molar-refractivity contribution in [1.29, 1.82) is 0 Å². The quantitative estimate of drug-likeness (QED) is 0.426. The number of halogens is 3. The van der Waals surface area contributed by atoms with Crippen LogP contribution in [0.3, 0.4) is 0 Å². The summed E-state index contributed by atoms with van der Waals surface area (Å²) in [7, 11) is 0. The highest BCUT2D eigenvalue weighted by Crippen LogP contribution is 2.40. The van der Waals surface area contributed by atoms with Crippen LogP contribution in [-0.4, -0.2) is 50.1 Å². The van der Waals surface area contributed by atoms with E-state index in [2.05, 4.69) is 30.5 Å². The van der Waals surface area contributed by atoms with Crippen molar-refractivity contribution in [2.75, 3.05) is 23.3 Å². The SMILES string of the molecule is CC(C)c1ncc(C(=O)Nc2c(-c3cc4cn[nH]c4cc3F)ccnc2N2CCC(F)(F)C2)cn1. The van der Waals surface area contributed by atoms with Crippen molar-refractivity contribution in [3.63, 3.8) is 0 Å². The predicted molar refractivity (Wildman–Crippen MR) is 125 cm³/mol. The van der Waals surface area contributed by atoms with Gasteiger partial charge in [-0.15, -0.1) is 0 Å². The maximum atomic E-state index is 15.1. The molecule has 0 spiro atoms. The molecule has 4 aromatic rings. The first-order valence-electron chi connectivity index (χ1n) is 11.1. The van der Waals surface area contributed by atoms with E-state index < -0.39 is 24.2 Å². The number of benzene rings is 1. The number of aromatic nitrogens is 5. The summed E-state index contributed by atoms with van der Waals surface area (Å²) in [6.45, 7) is 3.35. The van der Waals surface area contributed by atoms with Gasteiger partial charge in [0.25, 0.3) is 11.8 Å². The topological polar surface area (TPSA) is 99.7 Å². The number of aromatic amines is 1. The van der Waals surface area contributed by atoms with E-state index in [-0.39, 0.29) is 41.5 Å². The van der Waals surface area contributed by atoms with Gasteiger partial charge >= 0.3 is 0 Å². The second-order valence-corrected chi connectivity index (χ2v) is 8.81. The lowest BCUT2D eigenvalue weighted by atomic mass is 10.0. The number of nitrogens with one attached hydrogen (secondary N) is 2. The Labute approximate surface area is 198 Å². The molecule has 11 heteroatoms. The minimum Gasteiger partial charge on any atom is -0.349 e. The number of amides is 1. The van der Waals surface area contributed by atoms with Crippen LogP contribution in [0.25, 0.3) is 22.0 Å². The number of carbonyl (C=O) groups excluding carboxylic acids is 1. The Balaban J connectivity index is 1.60. The molecule has 0 unspecified atom stereocenters. The minimum atomic E-state index is -2.89. The first kappa shape index (κ1) is 22.8. The van der Waals surface area contributed by atoms with Crippen LogP contribution < -0.4 is 10.2 Å². The summed E-state index contributed by atoms with van der Waals surface area (Å²) in [5.74, 6) is -3.21. The zero-order valence-corrected chi connectivity index (χ0v) is 19.0. The van der Waals surface area contributed by atoms with Gasteiger partial charge in [0.15, 0.2) is 5.82 Å². The Bertz CT molecular complexity index is 1400. The van der Waals surface area contributed by atoms with Crippen molar-refractivity contribution >= 4 is 28.3 Å². The summed E-state index contributed by atoms with van der Waals surface area (Å²) in [6, 6.07) is 4.42. The molecule has 8 nitrogen and oxygen atoms in total. The van der Waals surface area contributed by atoms with Gasteiger partial charge in [-0.05, 0) is 12.1 Å². The van der Waals surface area contributed by atoms with Gasteiger partial charge in [-0.2, -0.15) is 5.10 Å². The lowest BCUT2D eigenvalue weighted by molar-refractivity contribution is 0.0257. The largest absolute Gasteiger partial charge is 0.349 e. The first-order chi connectivity index (χ1) is 16.7. The second-order valence-electron chi connectivity index (χ2n) is 8.81. The third kappa shape index (κ3) is 4.41. The number of alkyl halides is 2. The van der Waals surface area contributed by atoms with Gasteiger partial charge in [0.1, 0.15) is 11.6 Å². The summed E-state index contributed by atoms with van der Waals surface area (Å²) in [5.41, 5.74) is 1.29. The molecule has 1 amide bonds. The summed E-state index contributed by atoms with van der Waals surface area (Å²) in [6.07, 6.45) is 5.42. The Morgan fingerprint density at radius 3 is 2.60 bits per heavy atom. The third-order valence-electron chi connectivity index (χ3n) is 5.91. The molecule has 3 aromatic heterocycles. The zero-order valence-electron chi connectivity index (χ0n) is 19.0. The van der Waals surface area contributed by atoms with Crippen LogP contribution in [-0.2, 0) is 0 Å². The molecule has 5 rings (SSSR count).